The maximum absolute atomic E-state index is 13.0. The number of aromatic nitrogens is 2. The molecule has 1 aromatic carbocycles. The van der Waals surface area contributed by atoms with E-state index in [1.54, 1.807) is 12.3 Å². The highest BCUT2D eigenvalue weighted by Crippen LogP contribution is 2.37. The molecule has 0 saturated carbocycles. The lowest BCUT2D eigenvalue weighted by Crippen LogP contribution is -2.41. The number of fused-ring (bicyclic) bond motifs is 1. The number of hydrogen-bond acceptors (Lipinski definition) is 5. The van der Waals surface area contributed by atoms with Crippen LogP contribution >= 0.6 is 11.6 Å². The third kappa shape index (κ3) is 4.61. The minimum absolute atomic E-state index is 0.107. The summed E-state index contributed by atoms with van der Waals surface area (Å²) in [5, 5.41) is 5.73. The fraction of sp³-hybridized carbons (Fsp3) is 0.600. The van der Waals surface area contributed by atoms with Gasteiger partial charge in [0, 0.05) is 20.1 Å². The van der Waals surface area contributed by atoms with Crippen molar-refractivity contribution in [1.29, 1.82) is 0 Å². The first kappa shape index (κ1) is 22.5. The van der Waals surface area contributed by atoms with E-state index in [4.69, 9.17) is 25.6 Å². The molecule has 0 radical (unpaired) electrons. The van der Waals surface area contributed by atoms with E-state index < -0.39 is 26.4 Å². The van der Waals surface area contributed by atoms with Crippen molar-refractivity contribution in [3.8, 4) is 0 Å². The van der Waals surface area contributed by atoms with Crippen LogP contribution in [0, 0.1) is 0 Å². The van der Waals surface area contributed by atoms with E-state index in [0.29, 0.717) is 22.4 Å². The Labute approximate surface area is 178 Å². The predicted octanol–water partition coefficient (Wildman–Crippen LogP) is 3.66. The molecule has 0 unspecified atom stereocenters. The van der Waals surface area contributed by atoms with E-state index in [2.05, 4.69) is 24.7 Å². The van der Waals surface area contributed by atoms with E-state index in [1.807, 2.05) is 33.8 Å². The second-order valence-corrected chi connectivity index (χ2v) is 15.8. The van der Waals surface area contributed by atoms with Gasteiger partial charge in [-0.05, 0) is 45.3 Å². The van der Waals surface area contributed by atoms with Gasteiger partial charge in [0.2, 0.25) is 0 Å². The van der Waals surface area contributed by atoms with Crippen LogP contribution in [0.4, 0.5) is 0 Å². The molecular formula is C20H30BClN2O4Si. The second-order valence-electron chi connectivity index (χ2n) is 9.81. The molecule has 1 saturated heterocycles. The molecule has 2 aromatic rings. The van der Waals surface area contributed by atoms with Crippen molar-refractivity contribution in [3.63, 3.8) is 0 Å². The van der Waals surface area contributed by atoms with Crippen LogP contribution in [0.3, 0.4) is 0 Å². The van der Waals surface area contributed by atoms with Crippen LogP contribution in [0.5, 0.6) is 0 Å². The van der Waals surface area contributed by atoms with Gasteiger partial charge < -0.3 is 14.0 Å². The van der Waals surface area contributed by atoms with Gasteiger partial charge in [0.25, 0.3) is 5.56 Å². The van der Waals surface area contributed by atoms with E-state index >= 15 is 0 Å². The summed E-state index contributed by atoms with van der Waals surface area (Å²) in [6.45, 7) is 15.6. The normalized spacial score (nSPS) is 18.6. The van der Waals surface area contributed by atoms with E-state index in [9.17, 15) is 4.79 Å². The van der Waals surface area contributed by atoms with Gasteiger partial charge >= 0.3 is 7.12 Å². The highest BCUT2D eigenvalue weighted by Gasteiger charge is 2.52. The molecule has 6 nitrogen and oxygen atoms in total. The Morgan fingerprint density at radius 3 is 2.38 bits per heavy atom. The Kier molecular flexibility index (Phi) is 6.06. The molecule has 0 bridgehead atoms. The topological polar surface area (TPSA) is 62.6 Å². The molecule has 1 fully saturated rings. The van der Waals surface area contributed by atoms with Crippen molar-refractivity contribution in [3.05, 3.63) is 33.7 Å². The van der Waals surface area contributed by atoms with Crippen LogP contribution in [0.15, 0.2) is 23.1 Å². The molecule has 0 aliphatic carbocycles. The average molecular weight is 437 g/mol. The van der Waals surface area contributed by atoms with E-state index in [-0.39, 0.29) is 12.3 Å². The van der Waals surface area contributed by atoms with Gasteiger partial charge in [0.05, 0.1) is 27.8 Å². The van der Waals surface area contributed by atoms with Crippen LogP contribution in [0.25, 0.3) is 10.8 Å². The third-order valence-corrected chi connectivity index (χ3v) is 7.74. The molecule has 1 aliphatic rings. The molecule has 0 N–H and O–H groups in total. The molecule has 0 atom stereocenters. The summed E-state index contributed by atoms with van der Waals surface area (Å²) < 4.78 is 19.3. The molecule has 9 heteroatoms. The number of benzene rings is 1. The molecular weight excluding hydrogens is 407 g/mol. The van der Waals surface area contributed by atoms with Crippen molar-refractivity contribution in [2.45, 2.75) is 71.3 Å². The summed E-state index contributed by atoms with van der Waals surface area (Å²) in [6, 6.07) is 4.58. The summed E-state index contributed by atoms with van der Waals surface area (Å²) in [7, 11) is -1.78. The molecule has 3 rings (SSSR count). The van der Waals surface area contributed by atoms with Gasteiger partial charge in [0.1, 0.15) is 6.73 Å². The van der Waals surface area contributed by atoms with Gasteiger partial charge in [-0.15, -0.1) is 0 Å². The van der Waals surface area contributed by atoms with Crippen LogP contribution < -0.4 is 11.0 Å². The fourth-order valence-electron chi connectivity index (χ4n) is 3.07. The van der Waals surface area contributed by atoms with E-state index in [1.165, 1.54) is 4.68 Å². The molecule has 158 valence electrons. The number of nitrogens with zero attached hydrogens (tertiary/aromatic N) is 2. The quantitative estimate of drug-likeness (QED) is 0.511. The van der Waals surface area contributed by atoms with Crippen molar-refractivity contribution in [1.82, 2.24) is 9.78 Å². The molecule has 29 heavy (non-hydrogen) atoms. The Bertz CT molecular complexity index is 955. The smallest absolute Gasteiger partial charge is 0.399 e. The van der Waals surface area contributed by atoms with Gasteiger partial charge in [-0.3, -0.25) is 4.79 Å². The summed E-state index contributed by atoms with van der Waals surface area (Å²) in [5.74, 6) is 0. The maximum Gasteiger partial charge on any atom is 0.495 e. The standard InChI is InChI=1S/C20H30BClN2O4Si/c1-19(2)20(3,4)28-21(27-19)15-8-9-16(22)17-14(15)12-23-24(18(17)25)13-26-10-11-29(5,6)7/h8-9,12H,10-11,13H2,1-7H3. The molecule has 0 amide bonds. The molecule has 1 aliphatic heterocycles. The lowest BCUT2D eigenvalue weighted by atomic mass is 9.76. The zero-order valence-corrected chi connectivity index (χ0v) is 20.1. The van der Waals surface area contributed by atoms with E-state index in [0.717, 1.165) is 11.5 Å². The van der Waals surface area contributed by atoms with Crippen molar-refractivity contribution in [2.24, 2.45) is 0 Å². The zero-order valence-electron chi connectivity index (χ0n) is 18.3. The lowest BCUT2D eigenvalue weighted by Gasteiger charge is -2.32. The number of ether oxygens (including phenoxy) is 1. The molecule has 0 spiro atoms. The highest BCUT2D eigenvalue weighted by molar-refractivity contribution is 6.76. The van der Waals surface area contributed by atoms with Gasteiger partial charge in [-0.2, -0.15) is 5.10 Å². The summed E-state index contributed by atoms with van der Waals surface area (Å²) in [5.41, 5.74) is -0.481. The third-order valence-electron chi connectivity index (χ3n) is 5.72. The number of halogens is 1. The van der Waals surface area contributed by atoms with Crippen molar-refractivity contribution in [2.75, 3.05) is 6.61 Å². The monoisotopic (exact) mass is 436 g/mol. The first-order valence-corrected chi connectivity index (χ1v) is 14.0. The maximum atomic E-state index is 13.0. The SMILES string of the molecule is CC1(C)OB(c2ccc(Cl)c3c(=O)n(COCC[Si](C)(C)C)ncc23)OC1(C)C. The minimum Gasteiger partial charge on any atom is -0.399 e. The van der Waals surface area contributed by atoms with Crippen LogP contribution in [-0.4, -0.2) is 42.8 Å². The van der Waals surface area contributed by atoms with Gasteiger partial charge in [-0.25, -0.2) is 4.68 Å². The summed E-state index contributed by atoms with van der Waals surface area (Å²) in [6.07, 6.45) is 1.64. The van der Waals surface area contributed by atoms with Crippen molar-refractivity contribution < 1.29 is 14.0 Å². The first-order valence-electron chi connectivity index (χ1n) is 9.94. The Morgan fingerprint density at radius 1 is 1.17 bits per heavy atom. The van der Waals surface area contributed by atoms with Crippen LogP contribution in [-0.2, 0) is 20.8 Å². The Morgan fingerprint density at radius 2 is 1.79 bits per heavy atom. The van der Waals surface area contributed by atoms with Crippen molar-refractivity contribution >= 4 is 43.0 Å². The Hall–Kier alpha value is -1.19. The minimum atomic E-state index is -1.19. The van der Waals surface area contributed by atoms with Gasteiger partial charge in [-0.1, -0.05) is 37.3 Å². The van der Waals surface area contributed by atoms with Gasteiger partial charge in [0.15, 0.2) is 0 Å². The highest BCUT2D eigenvalue weighted by atomic mass is 35.5. The van der Waals surface area contributed by atoms with Crippen LogP contribution in [0.1, 0.15) is 27.7 Å². The second kappa shape index (κ2) is 7.81. The fourth-order valence-corrected chi connectivity index (χ4v) is 4.07. The zero-order chi connectivity index (χ0) is 21.6. The predicted molar refractivity (Wildman–Crippen MR) is 121 cm³/mol. The average Bonchev–Trinajstić information content (AvgIpc) is 2.80. The summed E-state index contributed by atoms with van der Waals surface area (Å²) >= 11 is 6.39. The number of hydrogen-bond donors (Lipinski definition) is 0. The number of rotatable bonds is 6. The molecule has 2 heterocycles. The van der Waals surface area contributed by atoms with Crippen LogP contribution in [0.2, 0.25) is 30.7 Å². The lowest BCUT2D eigenvalue weighted by molar-refractivity contribution is 0.00578. The Balaban J connectivity index is 1.91. The first-order chi connectivity index (χ1) is 13.3. The molecule has 1 aromatic heterocycles. The summed E-state index contributed by atoms with van der Waals surface area (Å²) in [4.78, 5) is 13.0. The largest absolute Gasteiger partial charge is 0.495 e.